The third-order valence-corrected chi connectivity index (χ3v) is 5.88. The second-order valence-corrected chi connectivity index (χ2v) is 8.07. The van der Waals surface area contributed by atoms with Crippen LogP contribution < -0.4 is 10.6 Å². The Morgan fingerprint density at radius 1 is 1.12 bits per heavy atom. The van der Waals surface area contributed by atoms with Gasteiger partial charge in [-0.15, -0.1) is 0 Å². The van der Waals surface area contributed by atoms with Gasteiger partial charge >= 0.3 is 0 Å². The van der Waals surface area contributed by atoms with E-state index in [-0.39, 0.29) is 17.9 Å². The van der Waals surface area contributed by atoms with Crippen molar-refractivity contribution in [3.05, 3.63) is 46.1 Å². The Morgan fingerprint density at radius 3 is 2.42 bits per heavy atom. The molecule has 138 valence electrons. The van der Waals surface area contributed by atoms with Crippen LogP contribution in [0, 0.1) is 12.8 Å². The average Bonchev–Trinajstić information content (AvgIpc) is 2.98. The molecule has 7 heteroatoms. The van der Waals surface area contributed by atoms with E-state index >= 15 is 0 Å². The van der Waals surface area contributed by atoms with Crippen LogP contribution in [0.2, 0.25) is 5.02 Å². The molecule has 0 spiro atoms. The highest BCUT2D eigenvalue weighted by atomic mass is 35.5. The second-order valence-electron chi connectivity index (χ2n) is 6.86. The Bertz CT molecular complexity index is 796. The number of carbonyl (C=O) groups is 2. The molecule has 1 aromatic heterocycles. The molecule has 0 radical (unpaired) electrons. The number of halogens is 1. The minimum absolute atomic E-state index is 0.165. The second kappa shape index (κ2) is 8.18. The van der Waals surface area contributed by atoms with Gasteiger partial charge in [-0.2, -0.15) is 4.37 Å². The van der Waals surface area contributed by atoms with Gasteiger partial charge in [0.2, 0.25) is 0 Å². The molecule has 2 N–H and O–H groups in total. The van der Waals surface area contributed by atoms with Gasteiger partial charge in [0.1, 0.15) is 5.00 Å². The van der Waals surface area contributed by atoms with Crippen LogP contribution in [0.15, 0.2) is 24.3 Å². The molecule has 1 saturated carbocycles. The molecule has 1 aliphatic carbocycles. The van der Waals surface area contributed by atoms with Crippen LogP contribution in [0.25, 0.3) is 0 Å². The lowest BCUT2D eigenvalue weighted by Gasteiger charge is -2.27. The van der Waals surface area contributed by atoms with Crippen molar-refractivity contribution in [3.63, 3.8) is 0 Å². The highest BCUT2D eigenvalue weighted by molar-refractivity contribution is 7.11. The summed E-state index contributed by atoms with van der Waals surface area (Å²) in [7, 11) is 0. The first kappa shape index (κ1) is 18.9. The molecule has 0 atom stereocenters. The van der Waals surface area contributed by atoms with Gasteiger partial charge in [0, 0.05) is 16.6 Å². The van der Waals surface area contributed by atoms with Crippen molar-refractivity contribution in [2.75, 3.05) is 5.32 Å². The third kappa shape index (κ3) is 4.43. The third-order valence-electron chi connectivity index (χ3n) is 4.77. The van der Waals surface area contributed by atoms with E-state index < -0.39 is 0 Å². The molecule has 3 rings (SSSR count). The number of anilines is 1. The Morgan fingerprint density at radius 2 is 1.77 bits per heavy atom. The summed E-state index contributed by atoms with van der Waals surface area (Å²) in [4.78, 5) is 25.2. The molecule has 1 fully saturated rings. The lowest BCUT2D eigenvalue weighted by molar-refractivity contribution is 0.0923. The SMILES string of the molecule is Cc1nsc(NC(=O)c2ccc(Cl)cc2)c1C(=O)NC1CCC(C)CC1. The van der Waals surface area contributed by atoms with Crippen molar-refractivity contribution < 1.29 is 9.59 Å². The molecule has 1 aliphatic rings. The maximum Gasteiger partial charge on any atom is 0.256 e. The molecule has 2 aromatic rings. The fourth-order valence-electron chi connectivity index (χ4n) is 3.16. The van der Waals surface area contributed by atoms with Gasteiger partial charge in [-0.1, -0.05) is 18.5 Å². The number of benzene rings is 1. The molecule has 0 unspecified atom stereocenters. The van der Waals surface area contributed by atoms with Crippen molar-refractivity contribution in [2.24, 2.45) is 5.92 Å². The molecule has 0 bridgehead atoms. The Balaban J connectivity index is 1.70. The van der Waals surface area contributed by atoms with Gasteiger partial charge in [0.25, 0.3) is 11.8 Å². The summed E-state index contributed by atoms with van der Waals surface area (Å²) in [5.74, 6) is 0.273. The highest BCUT2D eigenvalue weighted by Crippen LogP contribution is 2.27. The number of nitrogens with one attached hydrogen (secondary N) is 2. The molecule has 26 heavy (non-hydrogen) atoms. The van der Waals surface area contributed by atoms with Crippen molar-refractivity contribution >= 4 is 39.9 Å². The lowest BCUT2D eigenvalue weighted by atomic mass is 9.87. The number of hydrogen-bond donors (Lipinski definition) is 2. The topological polar surface area (TPSA) is 71.1 Å². The predicted octanol–water partition coefficient (Wildman–Crippen LogP) is 4.67. The largest absolute Gasteiger partial charge is 0.349 e. The Labute approximate surface area is 162 Å². The smallest absolute Gasteiger partial charge is 0.256 e. The standard InChI is InChI=1S/C19H22ClN3O2S/c1-11-3-9-15(10-4-11)21-18(25)16-12(2)23-26-19(16)22-17(24)13-5-7-14(20)8-6-13/h5-8,11,15H,3-4,9-10H2,1-2H3,(H,21,25)(H,22,24). The number of amides is 2. The quantitative estimate of drug-likeness (QED) is 0.795. The number of aromatic nitrogens is 1. The fourth-order valence-corrected chi connectivity index (χ4v) is 4.08. The first-order valence-electron chi connectivity index (χ1n) is 8.78. The summed E-state index contributed by atoms with van der Waals surface area (Å²) in [6, 6.07) is 6.80. The summed E-state index contributed by atoms with van der Waals surface area (Å²) in [6.07, 6.45) is 4.25. The van der Waals surface area contributed by atoms with Crippen LogP contribution in [-0.2, 0) is 0 Å². The highest BCUT2D eigenvalue weighted by Gasteiger charge is 2.25. The average molecular weight is 392 g/mol. The minimum atomic E-state index is -0.286. The van der Waals surface area contributed by atoms with Crippen LogP contribution in [0.3, 0.4) is 0 Å². The number of nitrogens with zero attached hydrogens (tertiary/aromatic N) is 1. The van der Waals surface area contributed by atoms with Crippen LogP contribution >= 0.6 is 23.1 Å². The van der Waals surface area contributed by atoms with Crippen LogP contribution in [0.1, 0.15) is 59.0 Å². The molecule has 0 saturated heterocycles. The maximum absolute atomic E-state index is 12.7. The van der Waals surface area contributed by atoms with E-state index in [9.17, 15) is 9.59 Å². The van der Waals surface area contributed by atoms with Crippen LogP contribution in [-0.4, -0.2) is 22.2 Å². The zero-order valence-electron chi connectivity index (χ0n) is 14.8. The Kier molecular flexibility index (Phi) is 5.94. The summed E-state index contributed by atoms with van der Waals surface area (Å²) in [5, 5.41) is 6.95. The minimum Gasteiger partial charge on any atom is -0.349 e. The van der Waals surface area contributed by atoms with E-state index in [2.05, 4.69) is 21.9 Å². The molecular formula is C19H22ClN3O2S. The predicted molar refractivity (Wildman–Crippen MR) is 105 cm³/mol. The normalized spacial score (nSPS) is 19.8. The summed E-state index contributed by atoms with van der Waals surface area (Å²) in [5.41, 5.74) is 1.56. The molecular weight excluding hydrogens is 370 g/mol. The number of carbonyl (C=O) groups excluding carboxylic acids is 2. The number of rotatable bonds is 4. The van der Waals surface area contributed by atoms with E-state index in [0.29, 0.717) is 26.8 Å². The van der Waals surface area contributed by atoms with E-state index in [4.69, 9.17) is 11.6 Å². The van der Waals surface area contributed by atoms with E-state index in [0.717, 1.165) is 43.1 Å². The van der Waals surface area contributed by atoms with Crippen molar-refractivity contribution in [1.29, 1.82) is 0 Å². The van der Waals surface area contributed by atoms with Gasteiger partial charge in [0.15, 0.2) is 0 Å². The van der Waals surface area contributed by atoms with Crippen LogP contribution in [0.5, 0.6) is 0 Å². The zero-order valence-corrected chi connectivity index (χ0v) is 16.4. The van der Waals surface area contributed by atoms with E-state index in [1.165, 1.54) is 0 Å². The first-order valence-corrected chi connectivity index (χ1v) is 9.93. The van der Waals surface area contributed by atoms with Gasteiger partial charge in [0.05, 0.1) is 11.3 Å². The maximum atomic E-state index is 12.7. The monoisotopic (exact) mass is 391 g/mol. The van der Waals surface area contributed by atoms with Gasteiger partial charge in [-0.25, -0.2) is 0 Å². The summed E-state index contributed by atoms with van der Waals surface area (Å²) in [6.45, 7) is 4.03. The lowest BCUT2D eigenvalue weighted by Crippen LogP contribution is -2.37. The number of aryl methyl sites for hydroxylation is 1. The first-order chi connectivity index (χ1) is 12.4. The fraction of sp³-hybridized carbons (Fsp3) is 0.421. The summed E-state index contributed by atoms with van der Waals surface area (Å²) >= 11 is 6.98. The zero-order chi connectivity index (χ0) is 18.7. The van der Waals surface area contributed by atoms with Gasteiger partial charge in [-0.3, -0.25) is 9.59 Å². The number of hydrogen-bond acceptors (Lipinski definition) is 4. The molecule has 5 nitrogen and oxygen atoms in total. The molecule has 1 aromatic carbocycles. The van der Waals surface area contributed by atoms with Crippen molar-refractivity contribution in [1.82, 2.24) is 9.69 Å². The van der Waals surface area contributed by atoms with Crippen LogP contribution in [0.4, 0.5) is 5.00 Å². The van der Waals surface area contributed by atoms with Crippen molar-refractivity contribution in [2.45, 2.75) is 45.6 Å². The van der Waals surface area contributed by atoms with E-state index in [1.807, 2.05) is 0 Å². The molecule has 2 amide bonds. The van der Waals surface area contributed by atoms with Gasteiger partial charge in [-0.05, 0) is 74.3 Å². The van der Waals surface area contributed by atoms with E-state index in [1.54, 1.807) is 31.2 Å². The Hall–Kier alpha value is -1.92. The van der Waals surface area contributed by atoms with Gasteiger partial charge < -0.3 is 10.6 Å². The molecule has 1 heterocycles. The van der Waals surface area contributed by atoms with Crippen molar-refractivity contribution in [3.8, 4) is 0 Å². The molecule has 0 aliphatic heterocycles. The summed E-state index contributed by atoms with van der Waals surface area (Å²) < 4.78 is 4.25.